The minimum Gasteiger partial charge on any atom is -0.0622 e. The number of aryl methyl sites for hydroxylation is 6. The van der Waals surface area contributed by atoms with Crippen LogP contribution < -0.4 is 0 Å². The quantitative estimate of drug-likeness (QED) is 0.135. The third-order valence-electron chi connectivity index (χ3n) is 16.5. The lowest BCUT2D eigenvalue weighted by molar-refractivity contribution is 1.46. The van der Waals surface area contributed by atoms with Crippen molar-refractivity contribution in [1.82, 2.24) is 0 Å². The zero-order valence-electron chi connectivity index (χ0n) is 56.1. The number of hydrogen-bond acceptors (Lipinski definition) is 0. The molecule has 0 nitrogen and oxygen atoms in total. The van der Waals surface area contributed by atoms with E-state index in [-0.39, 0.29) is 0 Å². The molecule has 0 saturated carbocycles. The molecule has 0 aliphatic heterocycles. The van der Waals surface area contributed by atoms with Gasteiger partial charge in [0.15, 0.2) is 0 Å². The molecule has 0 amide bonds. The molecule has 0 atom stereocenters. The molecule has 0 aliphatic rings. The number of hydrogen-bond donors (Lipinski definition) is 0. The van der Waals surface area contributed by atoms with Gasteiger partial charge >= 0.3 is 0 Å². The fraction of sp³-hybridized carbons (Fsp3) is 0.0625. The lowest BCUT2D eigenvalue weighted by atomic mass is 9.97. The molecule has 0 heterocycles. The Bertz CT molecular complexity index is 4670. The third kappa shape index (κ3) is 20.4. The van der Waals surface area contributed by atoms with E-state index in [1.54, 1.807) is 0 Å². The molecule has 0 spiro atoms. The Labute approximate surface area is 571 Å². The van der Waals surface area contributed by atoms with Gasteiger partial charge in [0.05, 0.1) is 0 Å². The van der Waals surface area contributed by atoms with Gasteiger partial charge in [-0.15, -0.1) is 0 Å². The summed E-state index contributed by atoms with van der Waals surface area (Å²) in [5.41, 5.74) is 30.8. The first-order valence-corrected chi connectivity index (χ1v) is 33.1. The van der Waals surface area contributed by atoms with Crippen LogP contribution in [-0.2, 0) is 0 Å². The molecule has 15 aromatic rings. The second-order valence-electron chi connectivity index (χ2n) is 24.1. The topological polar surface area (TPSA) is 0 Å². The van der Waals surface area contributed by atoms with Gasteiger partial charge in [-0.2, -0.15) is 0 Å². The molecular weight excluding hydrogens is 1150 g/mol. The fourth-order valence-corrected chi connectivity index (χ4v) is 11.3. The fourth-order valence-electron chi connectivity index (χ4n) is 11.3. The molecule has 0 bridgehead atoms. The van der Waals surface area contributed by atoms with E-state index >= 15 is 0 Å². The van der Waals surface area contributed by atoms with Crippen LogP contribution in [0.15, 0.2) is 400 Å². The molecule has 0 N–H and O–H groups in total. The first-order chi connectivity index (χ1) is 47.1. The van der Waals surface area contributed by atoms with E-state index < -0.39 is 0 Å². The smallest absolute Gasteiger partial charge is 0.0155 e. The Morgan fingerprint density at radius 2 is 0.323 bits per heavy atom. The summed E-state index contributed by atoms with van der Waals surface area (Å²) in [6.45, 7) is 12.8. The second-order valence-corrected chi connectivity index (χ2v) is 24.1. The van der Waals surface area contributed by atoms with E-state index in [1.165, 1.54) is 134 Å². The van der Waals surface area contributed by atoms with Gasteiger partial charge in [-0.3, -0.25) is 0 Å². The first-order valence-electron chi connectivity index (χ1n) is 33.1. The summed E-state index contributed by atoms with van der Waals surface area (Å²) < 4.78 is 0. The van der Waals surface area contributed by atoms with Crippen molar-refractivity contribution in [1.29, 1.82) is 0 Å². The van der Waals surface area contributed by atoms with E-state index in [0.717, 1.165) is 0 Å². The van der Waals surface area contributed by atoms with Crippen LogP contribution in [0.1, 0.15) is 33.4 Å². The average molecular weight is 1240 g/mol. The standard InChI is InChI=1S/3C19H16.3C13H12/c1-15-12-18(16-8-4-2-5-9-16)14-19(13-15)17-10-6-3-7-11-17;1-15-7-5-10-17(13-15)19-12-6-11-18(14-19)16-8-3-2-4-9-16;1-15-10-12-17(13-11-15)19-9-5-8-18(14-19)16-6-3-2-4-7-16;1-11-7-5-6-10-13(11)12-8-3-2-4-9-12;1-11-6-5-9-13(10-11)12-7-3-2-4-8-12;1-11-7-9-13(10-8-11)12-5-3-2-4-6-12/h3*2-14H,1H3;3*2-10H,1H3. The molecule has 15 aromatic carbocycles. The highest BCUT2D eigenvalue weighted by molar-refractivity contribution is 5.77. The Morgan fingerprint density at radius 1 is 0.115 bits per heavy atom. The van der Waals surface area contributed by atoms with Gasteiger partial charge in [-0.25, -0.2) is 0 Å². The SMILES string of the molecule is Cc1cc(-c2ccccc2)cc(-c2ccccc2)c1.Cc1ccc(-c2cccc(-c3ccccc3)c2)cc1.Cc1ccc(-c2ccccc2)cc1.Cc1cccc(-c2cccc(-c3ccccc3)c2)c1.Cc1cccc(-c2ccccc2)c1.Cc1ccccc1-c1ccccc1. The number of rotatable bonds is 9. The van der Waals surface area contributed by atoms with E-state index in [0.29, 0.717) is 0 Å². The highest BCUT2D eigenvalue weighted by atomic mass is 14.1. The van der Waals surface area contributed by atoms with Crippen LogP contribution in [0, 0.1) is 41.5 Å². The van der Waals surface area contributed by atoms with Crippen molar-refractivity contribution >= 4 is 0 Å². The van der Waals surface area contributed by atoms with Crippen LogP contribution in [0.2, 0.25) is 0 Å². The van der Waals surface area contributed by atoms with Gasteiger partial charge in [0, 0.05) is 0 Å². The zero-order valence-corrected chi connectivity index (χ0v) is 56.1. The molecule has 0 unspecified atom stereocenters. The van der Waals surface area contributed by atoms with Gasteiger partial charge in [0.25, 0.3) is 0 Å². The summed E-state index contributed by atoms with van der Waals surface area (Å²) in [6, 6.07) is 140. The third-order valence-corrected chi connectivity index (χ3v) is 16.5. The van der Waals surface area contributed by atoms with Crippen LogP contribution >= 0.6 is 0 Å². The van der Waals surface area contributed by atoms with Crippen LogP contribution in [0.3, 0.4) is 0 Å². The van der Waals surface area contributed by atoms with Crippen molar-refractivity contribution in [2.75, 3.05) is 0 Å². The molecule has 96 heavy (non-hydrogen) atoms. The van der Waals surface area contributed by atoms with Crippen molar-refractivity contribution in [2.24, 2.45) is 0 Å². The van der Waals surface area contributed by atoms with Crippen LogP contribution in [-0.4, -0.2) is 0 Å². The largest absolute Gasteiger partial charge is 0.0622 e. The molecular formula is C96H84. The summed E-state index contributed by atoms with van der Waals surface area (Å²) >= 11 is 0. The highest BCUT2D eigenvalue weighted by Gasteiger charge is 2.06. The Morgan fingerprint density at radius 3 is 0.656 bits per heavy atom. The van der Waals surface area contributed by atoms with E-state index in [1.807, 2.05) is 30.3 Å². The van der Waals surface area contributed by atoms with Gasteiger partial charge in [0.1, 0.15) is 0 Å². The predicted octanol–water partition coefficient (Wildman–Crippen LogP) is 27.0. The van der Waals surface area contributed by atoms with E-state index in [9.17, 15) is 0 Å². The van der Waals surface area contributed by atoms with Crippen molar-refractivity contribution < 1.29 is 0 Å². The molecule has 0 aliphatic carbocycles. The predicted molar refractivity (Wildman–Crippen MR) is 416 cm³/mol. The molecule has 0 fully saturated rings. The number of benzene rings is 15. The summed E-state index contributed by atoms with van der Waals surface area (Å²) in [4.78, 5) is 0. The molecule has 0 saturated heterocycles. The molecule has 15 rings (SSSR count). The van der Waals surface area contributed by atoms with Gasteiger partial charge in [-0.05, 0) is 171 Å². The summed E-state index contributed by atoms with van der Waals surface area (Å²) in [6.07, 6.45) is 0. The van der Waals surface area contributed by atoms with Crippen LogP contribution in [0.5, 0.6) is 0 Å². The molecule has 0 radical (unpaired) electrons. The highest BCUT2D eigenvalue weighted by Crippen LogP contribution is 2.31. The normalized spacial score (nSPS) is 10.2. The van der Waals surface area contributed by atoms with Crippen LogP contribution in [0.25, 0.3) is 100 Å². The van der Waals surface area contributed by atoms with Crippen molar-refractivity contribution in [3.05, 3.63) is 434 Å². The van der Waals surface area contributed by atoms with Crippen molar-refractivity contribution in [3.63, 3.8) is 0 Å². The Hall–Kier alpha value is -11.7. The summed E-state index contributed by atoms with van der Waals surface area (Å²) in [7, 11) is 0. The first kappa shape index (κ1) is 67.2. The van der Waals surface area contributed by atoms with Crippen molar-refractivity contribution in [2.45, 2.75) is 41.5 Å². The lowest BCUT2D eigenvalue weighted by Gasteiger charge is -2.08. The van der Waals surface area contributed by atoms with Gasteiger partial charge in [0.2, 0.25) is 0 Å². The van der Waals surface area contributed by atoms with E-state index in [2.05, 4.69) is 412 Å². The maximum absolute atomic E-state index is 2.26. The summed E-state index contributed by atoms with van der Waals surface area (Å²) in [5, 5.41) is 0. The average Bonchev–Trinajstić information content (AvgIpc) is 0.957. The minimum absolute atomic E-state index is 1.26. The minimum atomic E-state index is 1.26. The zero-order chi connectivity index (χ0) is 66.5. The van der Waals surface area contributed by atoms with Gasteiger partial charge < -0.3 is 0 Å². The van der Waals surface area contributed by atoms with Gasteiger partial charge in [-0.1, -0.05) is 404 Å². The lowest BCUT2D eigenvalue weighted by Crippen LogP contribution is -1.84. The monoisotopic (exact) mass is 1240 g/mol. The van der Waals surface area contributed by atoms with E-state index in [4.69, 9.17) is 0 Å². The van der Waals surface area contributed by atoms with Crippen molar-refractivity contribution in [3.8, 4) is 100 Å². The van der Waals surface area contributed by atoms with Crippen LogP contribution in [0.4, 0.5) is 0 Å². The second kappa shape index (κ2) is 35.4. The molecule has 468 valence electrons. The summed E-state index contributed by atoms with van der Waals surface area (Å²) in [5.74, 6) is 0. The molecule has 0 heteroatoms. The molecule has 0 aromatic heterocycles. The maximum atomic E-state index is 2.26. The Balaban J connectivity index is 0.000000126. The maximum Gasteiger partial charge on any atom is -0.0155 e. The Kier molecular flexibility index (Phi) is 24.8.